The second kappa shape index (κ2) is 8.83. The van der Waals surface area contributed by atoms with Gasteiger partial charge in [-0.1, -0.05) is 49.7 Å². The van der Waals surface area contributed by atoms with Gasteiger partial charge in [0.2, 0.25) is 5.91 Å². The molecule has 1 aliphatic carbocycles. The molecule has 0 saturated heterocycles. The summed E-state index contributed by atoms with van der Waals surface area (Å²) in [5.74, 6) is 1.90. The Labute approximate surface area is 187 Å². The third kappa shape index (κ3) is 3.99. The van der Waals surface area contributed by atoms with E-state index in [1.165, 1.54) is 36.6 Å². The van der Waals surface area contributed by atoms with Crippen LogP contribution in [-0.4, -0.2) is 38.0 Å². The van der Waals surface area contributed by atoms with Crippen LogP contribution >= 0.6 is 11.8 Å². The Bertz CT molecular complexity index is 1070. The zero-order valence-corrected chi connectivity index (χ0v) is 18.6. The van der Waals surface area contributed by atoms with Crippen molar-refractivity contribution in [2.24, 2.45) is 5.92 Å². The molecule has 1 fully saturated rings. The van der Waals surface area contributed by atoms with Gasteiger partial charge in [-0.3, -0.25) is 14.3 Å². The average Bonchev–Trinajstić information content (AvgIpc) is 3.43. The van der Waals surface area contributed by atoms with E-state index in [1.54, 1.807) is 6.20 Å². The number of carbonyl (C=O) groups is 1. The molecule has 2 atom stereocenters. The number of amides is 1. The SMILES string of the molecule is C[C@H]1CCCC[C@@H]1n1c(SCC(=O)N2CCc3ccccc32)nnc1-c1cccnc1. The number of fused-ring (bicyclic) bond motifs is 1. The van der Waals surface area contributed by atoms with Crippen LogP contribution < -0.4 is 4.90 Å². The highest BCUT2D eigenvalue weighted by molar-refractivity contribution is 7.99. The molecule has 3 aromatic rings. The van der Waals surface area contributed by atoms with E-state index in [9.17, 15) is 4.79 Å². The molecule has 1 amide bonds. The molecule has 1 aromatic carbocycles. The maximum Gasteiger partial charge on any atom is 0.237 e. The van der Waals surface area contributed by atoms with E-state index in [-0.39, 0.29) is 5.91 Å². The fourth-order valence-corrected chi connectivity index (χ4v) is 5.72. The largest absolute Gasteiger partial charge is 0.311 e. The number of rotatable bonds is 5. The molecule has 0 N–H and O–H groups in total. The van der Waals surface area contributed by atoms with Gasteiger partial charge < -0.3 is 4.90 Å². The van der Waals surface area contributed by atoms with Crippen molar-refractivity contribution >= 4 is 23.4 Å². The molecule has 1 saturated carbocycles. The number of thioether (sulfide) groups is 1. The summed E-state index contributed by atoms with van der Waals surface area (Å²) in [6.45, 7) is 3.07. The number of carbonyl (C=O) groups excluding carboxylic acids is 1. The van der Waals surface area contributed by atoms with Gasteiger partial charge in [0.25, 0.3) is 0 Å². The Morgan fingerprint density at radius 3 is 2.84 bits per heavy atom. The zero-order chi connectivity index (χ0) is 21.2. The molecule has 0 radical (unpaired) electrons. The smallest absolute Gasteiger partial charge is 0.237 e. The van der Waals surface area contributed by atoms with Crippen LogP contribution in [-0.2, 0) is 11.2 Å². The van der Waals surface area contributed by atoms with Crippen LogP contribution in [0.25, 0.3) is 11.4 Å². The minimum absolute atomic E-state index is 0.129. The second-order valence-corrected chi connectivity index (χ2v) is 9.40. The maximum absolute atomic E-state index is 13.0. The molecule has 0 spiro atoms. The maximum atomic E-state index is 13.0. The highest BCUT2D eigenvalue weighted by Crippen LogP contribution is 2.39. The molecular weight excluding hydrogens is 406 g/mol. The molecule has 31 heavy (non-hydrogen) atoms. The normalized spacial score (nSPS) is 20.6. The van der Waals surface area contributed by atoms with Crippen LogP contribution in [0.5, 0.6) is 0 Å². The van der Waals surface area contributed by atoms with E-state index in [2.05, 4.69) is 32.7 Å². The number of para-hydroxylation sites is 1. The van der Waals surface area contributed by atoms with E-state index in [4.69, 9.17) is 0 Å². The van der Waals surface area contributed by atoms with Crippen molar-refractivity contribution in [1.29, 1.82) is 0 Å². The van der Waals surface area contributed by atoms with E-state index >= 15 is 0 Å². The molecule has 2 aromatic heterocycles. The van der Waals surface area contributed by atoms with Crippen LogP contribution in [0.2, 0.25) is 0 Å². The highest BCUT2D eigenvalue weighted by Gasteiger charge is 2.30. The molecule has 3 heterocycles. The summed E-state index contributed by atoms with van der Waals surface area (Å²) in [5, 5.41) is 9.89. The van der Waals surface area contributed by atoms with E-state index in [0.29, 0.717) is 17.7 Å². The minimum atomic E-state index is 0.129. The van der Waals surface area contributed by atoms with E-state index < -0.39 is 0 Å². The van der Waals surface area contributed by atoms with Crippen molar-refractivity contribution in [1.82, 2.24) is 19.7 Å². The fraction of sp³-hybridized carbons (Fsp3) is 0.417. The van der Waals surface area contributed by atoms with Crippen LogP contribution in [0.15, 0.2) is 53.9 Å². The van der Waals surface area contributed by atoms with Gasteiger partial charge in [-0.05, 0) is 48.9 Å². The Balaban J connectivity index is 1.40. The van der Waals surface area contributed by atoms with Gasteiger partial charge in [0.05, 0.1) is 5.75 Å². The monoisotopic (exact) mass is 433 g/mol. The molecule has 160 valence electrons. The quantitative estimate of drug-likeness (QED) is 0.542. The first-order valence-corrected chi connectivity index (χ1v) is 12.1. The average molecular weight is 434 g/mol. The number of anilines is 1. The van der Waals surface area contributed by atoms with Crippen LogP contribution in [0.1, 0.15) is 44.2 Å². The summed E-state index contributed by atoms with van der Waals surface area (Å²) >= 11 is 1.51. The van der Waals surface area contributed by atoms with Gasteiger partial charge in [0.1, 0.15) is 0 Å². The summed E-state index contributed by atoms with van der Waals surface area (Å²) in [7, 11) is 0. The van der Waals surface area contributed by atoms with E-state index in [1.807, 2.05) is 41.4 Å². The number of pyridine rings is 1. The van der Waals surface area contributed by atoms with Crippen molar-refractivity contribution in [2.75, 3.05) is 17.2 Å². The Hall–Kier alpha value is -2.67. The number of hydrogen-bond acceptors (Lipinski definition) is 5. The molecule has 2 aliphatic rings. The van der Waals surface area contributed by atoms with Crippen LogP contribution in [0, 0.1) is 5.92 Å². The lowest BCUT2D eigenvalue weighted by Crippen LogP contribution is -2.30. The first kappa shape index (κ1) is 20.2. The predicted molar refractivity (Wildman–Crippen MR) is 123 cm³/mol. The number of nitrogens with zero attached hydrogens (tertiary/aromatic N) is 5. The topological polar surface area (TPSA) is 63.9 Å². The second-order valence-electron chi connectivity index (χ2n) is 8.46. The van der Waals surface area contributed by atoms with Gasteiger partial charge in [0.15, 0.2) is 11.0 Å². The number of hydrogen-bond donors (Lipinski definition) is 0. The Kier molecular flexibility index (Phi) is 5.76. The van der Waals surface area contributed by atoms with Crippen LogP contribution in [0.4, 0.5) is 5.69 Å². The van der Waals surface area contributed by atoms with Gasteiger partial charge in [-0.25, -0.2) is 0 Å². The lowest BCUT2D eigenvalue weighted by Gasteiger charge is -2.31. The predicted octanol–water partition coefficient (Wildman–Crippen LogP) is 4.77. The van der Waals surface area contributed by atoms with Crippen molar-refractivity contribution in [3.8, 4) is 11.4 Å². The lowest BCUT2D eigenvalue weighted by molar-refractivity contribution is -0.116. The minimum Gasteiger partial charge on any atom is -0.311 e. The van der Waals surface area contributed by atoms with Gasteiger partial charge >= 0.3 is 0 Å². The summed E-state index contributed by atoms with van der Waals surface area (Å²) in [4.78, 5) is 19.2. The van der Waals surface area contributed by atoms with Crippen molar-refractivity contribution in [2.45, 2.75) is 50.2 Å². The lowest BCUT2D eigenvalue weighted by atomic mass is 9.85. The molecule has 7 heteroatoms. The summed E-state index contributed by atoms with van der Waals surface area (Å²) < 4.78 is 2.27. The first-order chi connectivity index (χ1) is 15.2. The summed E-state index contributed by atoms with van der Waals surface area (Å²) in [6, 6.07) is 12.5. The molecule has 0 bridgehead atoms. The van der Waals surface area contributed by atoms with Crippen molar-refractivity contribution < 1.29 is 4.79 Å². The van der Waals surface area contributed by atoms with Crippen LogP contribution in [0.3, 0.4) is 0 Å². The Morgan fingerprint density at radius 2 is 2.00 bits per heavy atom. The standard InChI is InChI=1S/C24H27N5OS/c1-17-7-2-4-10-20(17)29-23(19-9-6-13-25-15-19)26-27-24(29)31-16-22(30)28-14-12-18-8-3-5-11-21(18)28/h3,5-6,8-9,11,13,15,17,20H,2,4,7,10,12,14,16H2,1H3/t17-,20-/m0/s1. The van der Waals surface area contributed by atoms with Gasteiger partial charge in [0, 0.05) is 36.2 Å². The molecule has 0 unspecified atom stereocenters. The van der Waals surface area contributed by atoms with Gasteiger partial charge in [-0.15, -0.1) is 10.2 Å². The molecule has 6 nitrogen and oxygen atoms in total. The van der Waals surface area contributed by atoms with E-state index in [0.717, 1.165) is 41.6 Å². The fourth-order valence-electron chi connectivity index (χ4n) is 4.85. The molecular formula is C24H27N5OS. The zero-order valence-electron chi connectivity index (χ0n) is 17.8. The third-order valence-electron chi connectivity index (χ3n) is 6.50. The highest BCUT2D eigenvalue weighted by atomic mass is 32.2. The third-order valence-corrected chi connectivity index (χ3v) is 7.42. The molecule has 5 rings (SSSR count). The molecule has 1 aliphatic heterocycles. The number of benzene rings is 1. The summed E-state index contributed by atoms with van der Waals surface area (Å²) in [5.41, 5.74) is 3.27. The van der Waals surface area contributed by atoms with Gasteiger partial charge in [-0.2, -0.15) is 0 Å². The van der Waals surface area contributed by atoms with Crippen molar-refractivity contribution in [3.05, 3.63) is 54.4 Å². The Morgan fingerprint density at radius 1 is 1.13 bits per heavy atom. The number of aromatic nitrogens is 4. The first-order valence-electron chi connectivity index (χ1n) is 11.1. The summed E-state index contributed by atoms with van der Waals surface area (Å²) in [6.07, 6.45) is 9.36. The van der Waals surface area contributed by atoms with Crippen molar-refractivity contribution in [3.63, 3.8) is 0 Å².